The maximum absolute atomic E-state index is 13.7. The Kier molecular flexibility index (Phi) is 3.87. The van der Waals surface area contributed by atoms with E-state index in [1.54, 1.807) is 0 Å². The minimum absolute atomic E-state index is 0.0576. The van der Waals surface area contributed by atoms with Crippen molar-refractivity contribution < 1.29 is 17.2 Å². The molecule has 2 aromatic carbocycles. The highest BCUT2D eigenvalue weighted by Gasteiger charge is 2.19. The van der Waals surface area contributed by atoms with Crippen LogP contribution in [0.15, 0.2) is 47.4 Å². The molecule has 0 aliphatic rings. The molecule has 0 aliphatic carbocycles. The summed E-state index contributed by atoms with van der Waals surface area (Å²) in [7, 11) is -3.40. The predicted molar refractivity (Wildman–Crippen MR) is 71.9 cm³/mol. The average Bonchev–Trinajstić information content (AvgIpc) is 2.37. The van der Waals surface area contributed by atoms with Crippen LogP contribution in [0, 0.1) is 11.6 Å². The zero-order valence-electron chi connectivity index (χ0n) is 10.7. The van der Waals surface area contributed by atoms with Gasteiger partial charge in [-0.1, -0.05) is 18.2 Å². The first-order valence-electron chi connectivity index (χ1n) is 5.80. The molecule has 20 heavy (non-hydrogen) atoms. The summed E-state index contributed by atoms with van der Waals surface area (Å²) in [6.45, 7) is 0. The molecule has 0 fully saturated rings. The molecule has 2 N–H and O–H groups in total. The first-order valence-corrected chi connectivity index (χ1v) is 7.69. The van der Waals surface area contributed by atoms with Crippen LogP contribution in [0.4, 0.5) is 8.78 Å². The Labute approximate surface area is 116 Å². The van der Waals surface area contributed by atoms with Crippen LogP contribution >= 0.6 is 0 Å². The van der Waals surface area contributed by atoms with Gasteiger partial charge in [-0.2, -0.15) is 0 Å². The van der Waals surface area contributed by atoms with Gasteiger partial charge in [0.2, 0.25) is 0 Å². The number of hydrogen-bond acceptors (Lipinski definition) is 3. The second-order valence-electron chi connectivity index (χ2n) is 4.46. The van der Waals surface area contributed by atoms with Crippen molar-refractivity contribution in [3.05, 3.63) is 65.2 Å². The van der Waals surface area contributed by atoms with Crippen molar-refractivity contribution in [1.82, 2.24) is 0 Å². The third-order valence-corrected chi connectivity index (χ3v) is 4.07. The van der Waals surface area contributed by atoms with Gasteiger partial charge < -0.3 is 5.73 Å². The van der Waals surface area contributed by atoms with E-state index in [0.29, 0.717) is 5.56 Å². The normalized spacial score (nSPS) is 13.2. The summed E-state index contributed by atoms with van der Waals surface area (Å²) in [5.74, 6) is -1.52. The molecule has 106 valence electrons. The van der Waals surface area contributed by atoms with E-state index in [-0.39, 0.29) is 10.5 Å². The largest absolute Gasteiger partial charge is 0.320 e. The maximum Gasteiger partial charge on any atom is 0.175 e. The van der Waals surface area contributed by atoms with Gasteiger partial charge in [-0.3, -0.25) is 0 Å². The summed E-state index contributed by atoms with van der Waals surface area (Å²) >= 11 is 0. The lowest BCUT2D eigenvalue weighted by atomic mass is 9.99. The minimum Gasteiger partial charge on any atom is -0.320 e. The summed E-state index contributed by atoms with van der Waals surface area (Å²) in [6, 6.07) is 8.15. The van der Waals surface area contributed by atoms with E-state index in [1.807, 2.05) is 0 Å². The van der Waals surface area contributed by atoms with Gasteiger partial charge in [0, 0.05) is 11.8 Å². The van der Waals surface area contributed by atoms with Crippen molar-refractivity contribution in [2.75, 3.05) is 6.26 Å². The van der Waals surface area contributed by atoms with Gasteiger partial charge in [-0.25, -0.2) is 17.2 Å². The van der Waals surface area contributed by atoms with E-state index < -0.39 is 27.5 Å². The molecule has 1 atom stereocenters. The average molecular weight is 297 g/mol. The molecule has 2 aromatic rings. The second-order valence-corrected chi connectivity index (χ2v) is 6.47. The summed E-state index contributed by atoms with van der Waals surface area (Å²) in [4.78, 5) is 0.0576. The Morgan fingerprint density at radius 2 is 1.60 bits per heavy atom. The number of rotatable bonds is 3. The van der Waals surface area contributed by atoms with Crippen molar-refractivity contribution in [3.8, 4) is 0 Å². The Morgan fingerprint density at radius 1 is 1.05 bits per heavy atom. The molecule has 1 unspecified atom stereocenters. The minimum atomic E-state index is -3.40. The molecule has 6 heteroatoms. The molecule has 2 rings (SSSR count). The number of nitrogens with two attached hydrogens (primary N) is 1. The number of benzene rings is 2. The van der Waals surface area contributed by atoms with E-state index in [1.165, 1.54) is 30.3 Å². The first kappa shape index (κ1) is 14.6. The van der Waals surface area contributed by atoms with Gasteiger partial charge in [-0.05, 0) is 29.8 Å². The van der Waals surface area contributed by atoms with Crippen LogP contribution in [-0.2, 0) is 9.84 Å². The highest BCUT2D eigenvalue weighted by molar-refractivity contribution is 7.90. The molecule has 0 aromatic heterocycles. The van der Waals surface area contributed by atoms with E-state index in [2.05, 4.69) is 0 Å². The fraction of sp³-hybridized carbons (Fsp3) is 0.143. The van der Waals surface area contributed by atoms with Crippen molar-refractivity contribution in [1.29, 1.82) is 0 Å². The molecular formula is C14H13F2NO2S. The molecule has 3 nitrogen and oxygen atoms in total. The first-order chi connectivity index (χ1) is 9.30. The summed E-state index contributed by atoms with van der Waals surface area (Å²) in [5, 5.41) is 0. The fourth-order valence-corrected chi connectivity index (χ4v) is 2.59. The lowest BCUT2D eigenvalue weighted by Gasteiger charge is -2.15. The highest BCUT2D eigenvalue weighted by atomic mass is 32.2. The molecule has 0 heterocycles. The van der Waals surface area contributed by atoms with Crippen LogP contribution < -0.4 is 5.73 Å². The van der Waals surface area contributed by atoms with Crippen molar-refractivity contribution in [3.63, 3.8) is 0 Å². The monoisotopic (exact) mass is 297 g/mol. The predicted octanol–water partition coefficient (Wildman–Crippen LogP) is 2.42. The number of hydrogen-bond donors (Lipinski definition) is 1. The lowest BCUT2D eigenvalue weighted by molar-refractivity contribution is 0.543. The second kappa shape index (κ2) is 5.30. The summed E-state index contributed by atoms with van der Waals surface area (Å²) in [6.07, 6.45) is 1.06. The smallest absolute Gasteiger partial charge is 0.175 e. The van der Waals surface area contributed by atoms with E-state index in [0.717, 1.165) is 18.4 Å². The topological polar surface area (TPSA) is 60.2 Å². The van der Waals surface area contributed by atoms with Gasteiger partial charge in [0.05, 0.1) is 10.9 Å². The van der Waals surface area contributed by atoms with Crippen molar-refractivity contribution in [2.45, 2.75) is 10.9 Å². The molecular weight excluding hydrogens is 284 g/mol. The van der Waals surface area contributed by atoms with Crippen LogP contribution in [0.25, 0.3) is 0 Å². The maximum atomic E-state index is 13.7. The van der Waals surface area contributed by atoms with Gasteiger partial charge >= 0.3 is 0 Å². The molecule has 0 radical (unpaired) electrons. The molecule has 0 amide bonds. The van der Waals surface area contributed by atoms with Gasteiger partial charge in [0.1, 0.15) is 11.6 Å². The van der Waals surface area contributed by atoms with Crippen LogP contribution in [0.2, 0.25) is 0 Å². The fourth-order valence-electron chi connectivity index (χ4n) is 1.91. The van der Waals surface area contributed by atoms with Crippen LogP contribution in [0.5, 0.6) is 0 Å². The molecule has 0 aliphatic heterocycles. The third-order valence-electron chi connectivity index (χ3n) is 2.96. The van der Waals surface area contributed by atoms with Crippen molar-refractivity contribution in [2.24, 2.45) is 5.73 Å². The quantitative estimate of drug-likeness (QED) is 0.946. The highest BCUT2D eigenvalue weighted by Crippen LogP contribution is 2.26. The molecule has 0 saturated heterocycles. The van der Waals surface area contributed by atoms with E-state index >= 15 is 0 Å². The van der Waals surface area contributed by atoms with E-state index in [4.69, 9.17) is 5.73 Å². The molecule has 0 saturated carbocycles. The third kappa shape index (κ3) is 2.86. The van der Waals surface area contributed by atoms with Crippen LogP contribution in [0.3, 0.4) is 0 Å². The van der Waals surface area contributed by atoms with Gasteiger partial charge in [0.25, 0.3) is 0 Å². The Balaban J connectivity index is 2.52. The van der Waals surface area contributed by atoms with Crippen LogP contribution in [-0.4, -0.2) is 14.7 Å². The van der Waals surface area contributed by atoms with Gasteiger partial charge in [-0.15, -0.1) is 0 Å². The Morgan fingerprint density at radius 3 is 2.15 bits per heavy atom. The summed E-state index contributed by atoms with van der Waals surface area (Å²) < 4.78 is 50.3. The zero-order chi connectivity index (χ0) is 14.9. The van der Waals surface area contributed by atoms with E-state index in [9.17, 15) is 17.2 Å². The number of halogens is 2. The standard InChI is InChI=1S/C14H13F2NO2S/c1-20(18,19)10-5-2-4-9(8-10)14(17)13-11(15)6-3-7-12(13)16/h2-8,14H,17H2,1H3. The van der Waals surface area contributed by atoms with Gasteiger partial charge in [0.15, 0.2) is 9.84 Å². The lowest BCUT2D eigenvalue weighted by Crippen LogP contribution is -2.16. The zero-order valence-corrected chi connectivity index (χ0v) is 11.5. The van der Waals surface area contributed by atoms with Crippen LogP contribution in [0.1, 0.15) is 17.2 Å². The SMILES string of the molecule is CS(=O)(=O)c1cccc(C(N)c2c(F)cccc2F)c1. The Bertz CT molecular complexity index is 724. The molecule has 0 bridgehead atoms. The summed E-state index contributed by atoms with van der Waals surface area (Å²) in [5.41, 5.74) is 5.91. The number of sulfone groups is 1. The van der Waals surface area contributed by atoms with Crippen molar-refractivity contribution >= 4 is 9.84 Å². The molecule has 0 spiro atoms. The Hall–Kier alpha value is -1.79.